The Balaban J connectivity index is 2.29. The van der Waals surface area contributed by atoms with Crippen molar-refractivity contribution in [3.63, 3.8) is 0 Å². The van der Waals surface area contributed by atoms with Crippen LogP contribution in [0.3, 0.4) is 0 Å². The normalized spacial score (nSPS) is 14.4. The summed E-state index contributed by atoms with van der Waals surface area (Å²) in [6, 6.07) is 0. The van der Waals surface area contributed by atoms with E-state index in [0.717, 1.165) is 0 Å². The lowest BCUT2D eigenvalue weighted by atomic mass is 10.2. The summed E-state index contributed by atoms with van der Waals surface area (Å²) in [6.45, 7) is 1.43. The van der Waals surface area contributed by atoms with E-state index < -0.39 is 57.7 Å². The maximum Gasteiger partial charge on any atom is 0.479 e. The lowest BCUT2D eigenvalue weighted by Gasteiger charge is -2.15. The van der Waals surface area contributed by atoms with Crippen molar-refractivity contribution in [1.29, 1.82) is 0 Å². The lowest BCUT2D eigenvalue weighted by molar-refractivity contribution is -0.0370. The predicted molar refractivity (Wildman–Crippen MR) is 83.6 cm³/mol. The fraction of sp³-hybridized carbons (Fsp3) is 0.400. The van der Waals surface area contributed by atoms with Gasteiger partial charge in [-0.15, -0.1) is 0 Å². The Kier molecular flexibility index (Phi) is 5.02. The highest BCUT2D eigenvalue weighted by molar-refractivity contribution is 7.95. The monoisotopic (exact) mass is 410 g/mol. The maximum absolute atomic E-state index is 14.2. The molecule has 1 fully saturated rings. The van der Waals surface area contributed by atoms with Crippen molar-refractivity contribution in [2.45, 2.75) is 31.2 Å². The molecule has 0 aliphatic heterocycles. The topological polar surface area (TPSA) is 69.9 Å². The molecule has 12 heteroatoms. The average Bonchev–Trinajstić information content (AvgIpc) is 3.40. The zero-order valence-electron chi connectivity index (χ0n) is 13.6. The van der Waals surface area contributed by atoms with Gasteiger partial charge in [-0.05, 0) is 19.8 Å². The molecule has 0 spiro atoms. The molecule has 0 radical (unpaired) electrons. The van der Waals surface area contributed by atoms with Gasteiger partial charge < -0.3 is 8.92 Å². The van der Waals surface area contributed by atoms with Crippen LogP contribution in [-0.4, -0.2) is 27.5 Å². The first-order valence-corrected chi connectivity index (χ1v) is 8.42. The van der Waals surface area contributed by atoms with E-state index in [-0.39, 0.29) is 18.2 Å². The van der Waals surface area contributed by atoms with Crippen LogP contribution in [0.25, 0.3) is 5.52 Å². The Morgan fingerprint density at radius 1 is 1.37 bits per heavy atom. The van der Waals surface area contributed by atoms with Crippen LogP contribution in [0, 0.1) is 11.6 Å². The molecule has 0 atom stereocenters. The Bertz CT molecular complexity index is 972. The SMILES string of the molecule is CCOC(=O)c1nc(C2CC2)c2c(OSC(F)(F)F)c(F)c(F)cn2c1=O. The van der Waals surface area contributed by atoms with Crippen LogP contribution in [-0.2, 0) is 4.74 Å². The number of esters is 1. The van der Waals surface area contributed by atoms with Crippen LogP contribution in [0.4, 0.5) is 22.0 Å². The van der Waals surface area contributed by atoms with Gasteiger partial charge in [0.15, 0.2) is 17.9 Å². The standard InChI is InChI=1S/C15H11F5N2O4S/c1-2-25-14(24)10-13(23)22-5-7(16)8(17)12(26-27-15(18,19)20)11(22)9(21-10)6-3-4-6/h5-6H,2-4H2,1H3. The van der Waals surface area contributed by atoms with Crippen LogP contribution >= 0.6 is 12.0 Å². The molecule has 1 saturated carbocycles. The molecule has 0 amide bonds. The second-order valence-electron chi connectivity index (χ2n) is 5.60. The first-order chi connectivity index (χ1) is 12.6. The van der Waals surface area contributed by atoms with E-state index in [1.165, 1.54) is 6.92 Å². The second-order valence-corrected chi connectivity index (χ2v) is 6.39. The smallest absolute Gasteiger partial charge is 0.461 e. The summed E-state index contributed by atoms with van der Waals surface area (Å²) in [5.41, 5.74) is -7.21. The van der Waals surface area contributed by atoms with Gasteiger partial charge >= 0.3 is 11.5 Å². The summed E-state index contributed by atoms with van der Waals surface area (Å²) in [5, 5.41) is 0. The maximum atomic E-state index is 14.2. The molecular formula is C15H11F5N2O4S. The summed E-state index contributed by atoms with van der Waals surface area (Å²) in [6.07, 6.45) is 1.54. The molecule has 2 aromatic heterocycles. The van der Waals surface area contributed by atoms with E-state index in [0.29, 0.717) is 23.4 Å². The molecule has 6 nitrogen and oxygen atoms in total. The summed E-state index contributed by atoms with van der Waals surface area (Å²) < 4.78 is 75.1. The van der Waals surface area contributed by atoms with Gasteiger partial charge in [-0.25, -0.2) is 14.2 Å². The molecule has 146 valence electrons. The number of halogens is 5. The number of carbonyl (C=O) groups is 1. The number of hydrogen-bond donors (Lipinski definition) is 0. The third-order valence-corrected chi connectivity index (χ3v) is 4.10. The quantitative estimate of drug-likeness (QED) is 0.427. The fourth-order valence-electron chi connectivity index (χ4n) is 2.43. The van der Waals surface area contributed by atoms with Crippen LogP contribution in [0.2, 0.25) is 0 Å². The molecule has 2 aromatic rings. The van der Waals surface area contributed by atoms with Gasteiger partial charge in [0.1, 0.15) is 5.52 Å². The third kappa shape index (κ3) is 3.84. The van der Waals surface area contributed by atoms with Crippen LogP contribution in [0.5, 0.6) is 5.75 Å². The molecule has 0 unspecified atom stereocenters. The number of carbonyl (C=O) groups excluding carboxylic acids is 1. The van der Waals surface area contributed by atoms with Gasteiger partial charge in [0.05, 0.1) is 18.5 Å². The zero-order chi connectivity index (χ0) is 19.9. The van der Waals surface area contributed by atoms with Crippen molar-refractivity contribution in [3.05, 3.63) is 39.6 Å². The molecule has 27 heavy (non-hydrogen) atoms. The number of hydrogen-bond acceptors (Lipinski definition) is 6. The predicted octanol–water partition coefficient (Wildman–Crippen LogP) is 3.57. The van der Waals surface area contributed by atoms with Crippen LogP contribution in [0.15, 0.2) is 11.0 Å². The number of nitrogens with zero attached hydrogens (tertiary/aromatic N) is 2. The molecule has 1 aliphatic rings. The summed E-state index contributed by atoms with van der Waals surface area (Å²) >= 11 is -1.05. The molecule has 0 N–H and O–H groups in total. The number of pyridine rings is 1. The van der Waals surface area contributed by atoms with E-state index in [4.69, 9.17) is 4.74 Å². The highest BCUT2D eigenvalue weighted by Gasteiger charge is 2.36. The summed E-state index contributed by atoms with van der Waals surface area (Å²) in [5.74, 6) is -5.84. The van der Waals surface area contributed by atoms with Gasteiger partial charge in [0, 0.05) is 5.92 Å². The molecule has 3 rings (SSSR count). The molecule has 0 aromatic carbocycles. The Labute approximate surface area is 152 Å². The van der Waals surface area contributed by atoms with Gasteiger partial charge in [-0.1, -0.05) is 0 Å². The van der Waals surface area contributed by atoms with Gasteiger partial charge in [-0.2, -0.15) is 17.6 Å². The minimum absolute atomic E-state index is 0.0330. The lowest BCUT2D eigenvalue weighted by Crippen LogP contribution is -2.28. The summed E-state index contributed by atoms with van der Waals surface area (Å²) in [4.78, 5) is 28.3. The number of aromatic nitrogens is 2. The second kappa shape index (κ2) is 6.98. The van der Waals surface area contributed by atoms with E-state index in [1.807, 2.05) is 0 Å². The highest BCUT2D eigenvalue weighted by Crippen LogP contribution is 2.44. The number of alkyl halides is 3. The van der Waals surface area contributed by atoms with E-state index in [2.05, 4.69) is 9.17 Å². The van der Waals surface area contributed by atoms with Crippen molar-refractivity contribution < 1.29 is 35.7 Å². The Hall–Kier alpha value is -2.37. The molecule has 1 aliphatic carbocycles. The minimum Gasteiger partial charge on any atom is -0.461 e. The first-order valence-electron chi connectivity index (χ1n) is 7.67. The Morgan fingerprint density at radius 3 is 2.59 bits per heavy atom. The van der Waals surface area contributed by atoms with Gasteiger partial charge in [0.25, 0.3) is 5.56 Å². The molecule has 0 saturated heterocycles. The van der Waals surface area contributed by atoms with E-state index >= 15 is 0 Å². The highest BCUT2D eigenvalue weighted by atomic mass is 32.2. The Morgan fingerprint density at radius 2 is 2.04 bits per heavy atom. The number of rotatable bonds is 5. The van der Waals surface area contributed by atoms with Gasteiger partial charge in [0.2, 0.25) is 17.3 Å². The largest absolute Gasteiger partial charge is 0.479 e. The van der Waals surface area contributed by atoms with Crippen molar-refractivity contribution in [1.82, 2.24) is 9.38 Å². The fourth-order valence-corrected chi connectivity index (χ4v) is 2.76. The van der Waals surface area contributed by atoms with Crippen molar-refractivity contribution >= 4 is 23.5 Å². The van der Waals surface area contributed by atoms with Crippen molar-refractivity contribution in [3.8, 4) is 5.75 Å². The first kappa shape index (κ1) is 19.4. The molecule has 0 bridgehead atoms. The zero-order valence-corrected chi connectivity index (χ0v) is 14.4. The third-order valence-electron chi connectivity index (χ3n) is 3.66. The molecular weight excluding hydrogens is 399 g/mol. The average molecular weight is 410 g/mol. The molecule has 2 heterocycles. The van der Waals surface area contributed by atoms with Gasteiger partial charge in [-0.3, -0.25) is 9.20 Å². The van der Waals surface area contributed by atoms with E-state index in [1.54, 1.807) is 0 Å². The van der Waals surface area contributed by atoms with Crippen molar-refractivity contribution in [2.75, 3.05) is 6.61 Å². The van der Waals surface area contributed by atoms with Crippen molar-refractivity contribution in [2.24, 2.45) is 0 Å². The van der Waals surface area contributed by atoms with E-state index in [9.17, 15) is 31.5 Å². The van der Waals surface area contributed by atoms with Crippen LogP contribution in [0.1, 0.15) is 41.9 Å². The minimum atomic E-state index is -4.89. The number of ether oxygens (including phenoxy) is 1. The number of fused-ring (bicyclic) bond motifs is 1. The summed E-state index contributed by atoms with van der Waals surface area (Å²) in [7, 11) is 0. The van der Waals surface area contributed by atoms with Crippen LogP contribution < -0.4 is 9.74 Å².